The van der Waals surface area contributed by atoms with Gasteiger partial charge in [-0.1, -0.05) is 32.3 Å². The molecule has 3 heteroatoms. The van der Waals surface area contributed by atoms with Gasteiger partial charge < -0.3 is 4.74 Å². The first kappa shape index (κ1) is 18.9. The zero-order valence-electron chi connectivity index (χ0n) is 16.4. The first-order valence-electron chi connectivity index (χ1n) is 10.9. The number of unbranched alkanes of at least 4 members (excludes halogenated alkanes) is 2. The van der Waals surface area contributed by atoms with Crippen LogP contribution in [0.3, 0.4) is 0 Å². The second-order valence-corrected chi connectivity index (χ2v) is 8.37. The molecular weight excluding hydrogens is 310 g/mol. The smallest absolute Gasteiger partial charge is 0.306 e. The Morgan fingerprint density at radius 3 is 2.80 bits per heavy atom. The first-order chi connectivity index (χ1) is 12.2. The molecule has 0 bridgehead atoms. The average Bonchev–Trinajstić information content (AvgIpc) is 2.61. The molecule has 0 aromatic carbocycles. The lowest BCUT2D eigenvalue weighted by molar-refractivity contribution is -0.148. The molecule has 3 atom stereocenters. The summed E-state index contributed by atoms with van der Waals surface area (Å²) >= 11 is 0. The number of nitrogens with zero attached hydrogens (tertiary/aromatic N) is 1. The molecule has 0 saturated carbocycles. The SMILES string of the molecule is CCCCCC(=O)OC1CCCC2=C1C[C@H]1CCCN(CCC)[C@@H]1C2. The van der Waals surface area contributed by atoms with Gasteiger partial charge in [-0.25, -0.2) is 0 Å². The van der Waals surface area contributed by atoms with Gasteiger partial charge >= 0.3 is 5.97 Å². The third-order valence-electron chi connectivity index (χ3n) is 6.53. The second-order valence-electron chi connectivity index (χ2n) is 8.37. The van der Waals surface area contributed by atoms with E-state index in [1.807, 2.05) is 0 Å². The van der Waals surface area contributed by atoms with Gasteiger partial charge in [-0.3, -0.25) is 9.69 Å². The summed E-state index contributed by atoms with van der Waals surface area (Å²) in [4.78, 5) is 15.0. The Hall–Kier alpha value is -0.830. The van der Waals surface area contributed by atoms with Gasteiger partial charge in [0, 0.05) is 12.5 Å². The largest absolute Gasteiger partial charge is 0.458 e. The van der Waals surface area contributed by atoms with Crippen molar-refractivity contribution in [3.63, 3.8) is 0 Å². The Morgan fingerprint density at radius 1 is 1.12 bits per heavy atom. The lowest BCUT2D eigenvalue weighted by Gasteiger charge is -2.47. The van der Waals surface area contributed by atoms with Crippen molar-refractivity contribution in [2.75, 3.05) is 13.1 Å². The highest BCUT2D eigenvalue weighted by Crippen LogP contribution is 2.44. The van der Waals surface area contributed by atoms with E-state index in [0.29, 0.717) is 6.42 Å². The van der Waals surface area contributed by atoms with E-state index in [0.717, 1.165) is 37.6 Å². The molecule has 1 aliphatic heterocycles. The Labute approximate surface area is 154 Å². The zero-order valence-corrected chi connectivity index (χ0v) is 16.4. The summed E-state index contributed by atoms with van der Waals surface area (Å²) in [7, 11) is 0. The number of carbonyl (C=O) groups excluding carboxylic acids is 1. The Kier molecular flexibility index (Phi) is 6.98. The van der Waals surface area contributed by atoms with Crippen molar-refractivity contribution >= 4 is 5.97 Å². The summed E-state index contributed by atoms with van der Waals surface area (Å²) in [5.74, 6) is 0.823. The van der Waals surface area contributed by atoms with Gasteiger partial charge in [-0.15, -0.1) is 0 Å². The molecule has 1 fully saturated rings. The van der Waals surface area contributed by atoms with Crippen LogP contribution in [0.15, 0.2) is 11.1 Å². The highest BCUT2D eigenvalue weighted by molar-refractivity contribution is 5.69. The average molecular weight is 348 g/mol. The number of hydrogen-bond donors (Lipinski definition) is 0. The first-order valence-corrected chi connectivity index (χ1v) is 10.9. The fraction of sp³-hybridized carbons (Fsp3) is 0.864. The third-order valence-corrected chi connectivity index (χ3v) is 6.53. The van der Waals surface area contributed by atoms with Crippen LogP contribution in [-0.4, -0.2) is 36.1 Å². The summed E-state index contributed by atoms with van der Waals surface area (Å²) in [6, 6.07) is 0.756. The summed E-state index contributed by atoms with van der Waals surface area (Å²) in [5.41, 5.74) is 3.16. The topological polar surface area (TPSA) is 29.5 Å². The molecule has 1 heterocycles. The van der Waals surface area contributed by atoms with Crippen molar-refractivity contribution in [1.29, 1.82) is 0 Å². The van der Waals surface area contributed by atoms with E-state index < -0.39 is 0 Å². The summed E-state index contributed by atoms with van der Waals surface area (Å²) in [6.45, 7) is 7.01. The van der Waals surface area contributed by atoms with Gasteiger partial charge in [0.05, 0.1) is 0 Å². The maximum atomic E-state index is 12.2. The zero-order chi connectivity index (χ0) is 17.6. The van der Waals surface area contributed by atoms with E-state index in [4.69, 9.17) is 4.74 Å². The third kappa shape index (κ3) is 4.67. The van der Waals surface area contributed by atoms with Crippen LogP contribution in [0.1, 0.15) is 90.9 Å². The van der Waals surface area contributed by atoms with Crippen molar-refractivity contribution in [3.8, 4) is 0 Å². The number of likely N-dealkylation sites (tertiary alicyclic amines) is 1. The van der Waals surface area contributed by atoms with Crippen molar-refractivity contribution in [2.24, 2.45) is 5.92 Å². The molecule has 2 aliphatic carbocycles. The van der Waals surface area contributed by atoms with Gasteiger partial charge in [0.1, 0.15) is 6.10 Å². The molecular formula is C22H37NO2. The highest BCUT2D eigenvalue weighted by Gasteiger charge is 2.39. The fourth-order valence-corrected chi connectivity index (χ4v) is 5.29. The molecule has 0 amide bonds. The molecule has 142 valence electrons. The van der Waals surface area contributed by atoms with E-state index in [1.54, 1.807) is 5.57 Å². The van der Waals surface area contributed by atoms with Crippen LogP contribution >= 0.6 is 0 Å². The maximum Gasteiger partial charge on any atom is 0.306 e. The van der Waals surface area contributed by atoms with Gasteiger partial charge in [0.25, 0.3) is 0 Å². The number of piperidine rings is 1. The predicted octanol–water partition coefficient (Wildman–Crippen LogP) is 5.24. The Balaban J connectivity index is 1.64. The number of rotatable bonds is 7. The normalized spacial score (nSPS) is 29.9. The van der Waals surface area contributed by atoms with Gasteiger partial charge in [-0.2, -0.15) is 0 Å². The molecule has 0 aromatic rings. The lowest BCUT2D eigenvalue weighted by Crippen LogP contribution is -2.48. The van der Waals surface area contributed by atoms with Crippen LogP contribution in [0, 0.1) is 5.92 Å². The molecule has 25 heavy (non-hydrogen) atoms. The van der Waals surface area contributed by atoms with Gasteiger partial charge in [-0.05, 0) is 82.4 Å². The summed E-state index contributed by atoms with van der Waals surface area (Å²) < 4.78 is 5.95. The van der Waals surface area contributed by atoms with Crippen molar-refractivity contribution in [3.05, 3.63) is 11.1 Å². The minimum absolute atomic E-state index is 0.0329. The minimum atomic E-state index is 0.0329. The second kappa shape index (κ2) is 9.21. The summed E-state index contributed by atoms with van der Waals surface area (Å²) in [5, 5.41) is 0. The summed E-state index contributed by atoms with van der Waals surface area (Å²) in [6.07, 6.45) is 13.8. The monoisotopic (exact) mass is 347 g/mol. The molecule has 0 radical (unpaired) electrons. The molecule has 3 rings (SSSR count). The van der Waals surface area contributed by atoms with Crippen molar-refractivity contribution < 1.29 is 9.53 Å². The van der Waals surface area contributed by atoms with Crippen LogP contribution < -0.4 is 0 Å². The maximum absolute atomic E-state index is 12.2. The fourth-order valence-electron chi connectivity index (χ4n) is 5.29. The van der Waals surface area contributed by atoms with E-state index in [1.165, 1.54) is 63.6 Å². The standard InChI is InChI=1S/C22H37NO2/c1-3-5-6-12-22(24)25-21-11-7-9-17-16-20-18(15-19(17)21)10-8-14-23(20)13-4-2/h18,20-21H,3-16H2,1-2H3/t18-,20-,21?/m1/s1. The van der Waals surface area contributed by atoms with Crippen LogP contribution in [-0.2, 0) is 9.53 Å². The van der Waals surface area contributed by atoms with E-state index in [-0.39, 0.29) is 12.1 Å². The number of esters is 1. The number of hydrogen-bond acceptors (Lipinski definition) is 3. The van der Waals surface area contributed by atoms with Gasteiger partial charge in [0.2, 0.25) is 0 Å². The molecule has 3 aliphatic rings. The number of fused-ring (bicyclic) bond motifs is 1. The molecule has 0 aromatic heterocycles. The minimum Gasteiger partial charge on any atom is -0.458 e. The molecule has 0 spiro atoms. The quantitative estimate of drug-likeness (QED) is 0.358. The van der Waals surface area contributed by atoms with Crippen LogP contribution in [0.25, 0.3) is 0 Å². The molecule has 3 nitrogen and oxygen atoms in total. The van der Waals surface area contributed by atoms with Gasteiger partial charge in [0.15, 0.2) is 0 Å². The van der Waals surface area contributed by atoms with Crippen LogP contribution in [0.4, 0.5) is 0 Å². The molecule has 1 saturated heterocycles. The molecule has 1 unspecified atom stereocenters. The number of carbonyl (C=O) groups is 1. The van der Waals surface area contributed by atoms with E-state index in [2.05, 4.69) is 18.7 Å². The molecule has 0 N–H and O–H groups in total. The van der Waals surface area contributed by atoms with Crippen molar-refractivity contribution in [1.82, 2.24) is 4.90 Å². The highest BCUT2D eigenvalue weighted by atomic mass is 16.5. The predicted molar refractivity (Wildman–Crippen MR) is 103 cm³/mol. The van der Waals surface area contributed by atoms with E-state index >= 15 is 0 Å². The van der Waals surface area contributed by atoms with Crippen LogP contribution in [0.5, 0.6) is 0 Å². The van der Waals surface area contributed by atoms with Crippen molar-refractivity contribution in [2.45, 2.75) is 103 Å². The Bertz CT molecular complexity index is 482. The Morgan fingerprint density at radius 2 is 2.00 bits per heavy atom. The lowest BCUT2D eigenvalue weighted by atomic mass is 9.70. The number of ether oxygens (including phenoxy) is 1. The van der Waals surface area contributed by atoms with E-state index in [9.17, 15) is 4.79 Å². The van der Waals surface area contributed by atoms with Crippen LogP contribution in [0.2, 0.25) is 0 Å².